The highest BCUT2D eigenvalue weighted by Crippen LogP contribution is 2.38. The topological polar surface area (TPSA) is 109 Å². The second-order valence-corrected chi connectivity index (χ2v) is 5.54. The van der Waals surface area contributed by atoms with Gasteiger partial charge in [0.15, 0.2) is 5.69 Å². The summed E-state index contributed by atoms with van der Waals surface area (Å²) in [6.45, 7) is 1.73. The van der Waals surface area contributed by atoms with Gasteiger partial charge in [-0.05, 0) is 25.7 Å². The number of amides is 1. The number of aromatic nitrogens is 5. The van der Waals surface area contributed by atoms with Crippen molar-refractivity contribution in [3.63, 3.8) is 0 Å². The maximum Gasteiger partial charge on any atom is 0.274 e. The van der Waals surface area contributed by atoms with Crippen LogP contribution in [0.2, 0.25) is 0 Å². The van der Waals surface area contributed by atoms with Gasteiger partial charge in [0.2, 0.25) is 0 Å². The van der Waals surface area contributed by atoms with E-state index in [2.05, 4.69) is 25.8 Å². The second-order valence-electron chi connectivity index (χ2n) is 5.54. The van der Waals surface area contributed by atoms with Crippen LogP contribution in [0.4, 0.5) is 0 Å². The molecular weight excluding hydrogens is 272 g/mol. The largest absolute Gasteiger partial charge is 0.393 e. The van der Waals surface area contributed by atoms with Crippen LogP contribution in [0.1, 0.15) is 40.6 Å². The van der Waals surface area contributed by atoms with E-state index in [4.69, 9.17) is 0 Å². The van der Waals surface area contributed by atoms with Crippen LogP contribution in [-0.4, -0.2) is 42.3 Å². The number of aryl methyl sites for hydroxylation is 2. The molecule has 0 bridgehead atoms. The lowest BCUT2D eigenvalue weighted by Crippen LogP contribution is -2.41. The summed E-state index contributed by atoms with van der Waals surface area (Å²) in [6, 6.07) is -0.175. The van der Waals surface area contributed by atoms with Crippen molar-refractivity contribution in [2.75, 3.05) is 0 Å². The average Bonchev–Trinajstić information content (AvgIpc) is 3.01. The molecule has 2 heterocycles. The Bertz CT molecular complexity index is 643. The summed E-state index contributed by atoms with van der Waals surface area (Å²) in [5.74, 6) is -0.0585. The van der Waals surface area contributed by atoms with Crippen molar-refractivity contribution in [1.29, 1.82) is 0 Å². The van der Waals surface area contributed by atoms with Crippen molar-refractivity contribution in [1.82, 2.24) is 30.5 Å². The zero-order valence-electron chi connectivity index (χ0n) is 11.9. The Labute approximate surface area is 121 Å². The smallest absolute Gasteiger partial charge is 0.274 e. The van der Waals surface area contributed by atoms with E-state index in [0.29, 0.717) is 24.2 Å². The molecule has 3 N–H and O–H groups in total. The fourth-order valence-corrected chi connectivity index (χ4v) is 2.68. The Morgan fingerprint density at radius 3 is 2.81 bits per heavy atom. The normalized spacial score (nSPS) is 22.6. The molecule has 2 aromatic rings. The number of aromatic amines is 1. The molecule has 8 nitrogen and oxygen atoms in total. The summed E-state index contributed by atoms with van der Waals surface area (Å²) in [5, 5.41) is 26.8. The van der Waals surface area contributed by atoms with E-state index in [1.54, 1.807) is 17.8 Å². The van der Waals surface area contributed by atoms with Crippen LogP contribution < -0.4 is 5.32 Å². The van der Waals surface area contributed by atoms with Crippen LogP contribution in [0, 0.1) is 12.8 Å². The Hall–Kier alpha value is -2.22. The van der Waals surface area contributed by atoms with Crippen molar-refractivity contribution in [2.45, 2.75) is 31.9 Å². The summed E-state index contributed by atoms with van der Waals surface area (Å²) in [5.41, 5.74) is 1.79. The number of nitrogens with one attached hydrogen (secondary N) is 2. The van der Waals surface area contributed by atoms with Crippen molar-refractivity contribution < 1.29 is 9.90 Å². The molecule has 1 saturated carbocycles. The van der Waals surface area contributed by atoms with Gasteiger partial charge in [-0.25, -0.2) is 0 Å². The number of hydrogen-bond donors (Lipinski definition) is 3. The van der Waals surface area contributed by atoms with Gasteiger partial charge in [-0.15, -0.1) is 0 Å². The zero-order chi connectivity index (χ0) is 15.0. The highest BCUT2D eigenvalue weighted by Gasteiger charge is 2.36. The number of carbonyl (C=O) groups is 1. The Morgan fingerprint density at radius 2 is 2.29 bits per heavy atom. The molecule has 1 amide bonds. The van der Waals surface area contributed by atoms with Crippen LogP contribution in [0.5, 0.6) is 0 Å². The van der Waals surface area contributed by atoms with E-state index in [0.717, 1.165) is 5.56 Å². The molecule has 0 aromatic carbocycles. The van der Waals surface area contributed by atoms with Crippen molar-refractivity contribution in [3.8, 4) is 0 Å². The van der Waals surface area contributed by atoms with Crippen LogP contribution >= 0.6 is 0 Å². The van der Waals surface area contributed by atoms with E-state index in [1.165, 1.54) is 0 Å². The summed E-state index contributed by atoms with van der Waals surface area (Å²) in [6.07, 6.45) is 4.70. The molecule has 0 radical (unpaired) electrons. The van der Waals surface area contributed by atoms with Gasteiger partial charge in [0.25, 0.3) is 5.91 Å². The number of hydrogen-bond acceptors (Lipinski definition) is 5. The Balaban J connectivity index is 1.79. The molecule has 2 aromatic heterocycles. The third kappa shape index (κ3) is 2.66. The molecule has 0 spiro atoms. The molecule has 3 rings (SSSR count). The molecule has 1 aliphatic rings. The first-order valence-electron chi connectivity index (χ1n) is 6.89. The SMILES string of the molecule is Cc1n[nH]nc1C(=O)NC(c1cnn(C)c1)C1CC(O)C1. The van der Waals surface area contributed by atoms with Crippen LogP contribution in [0.3, 0.4) is 0 Å². The van der Waals surface area contributed by atoms with E-state index in [1.807, 2.05) is 13.2 Å². The lowest BCUT2D eigenvalue weighted by Gasteiger charge is -2.37. The van der Waals surface area contributed by atoms with Gasteiger partial charge in [0.05, 0.1) is 24.0 Å². The van der Waals surface area contributed by atoms with E-state index >= 15 is 0 Å². The van der Waals surface area contributed by atoms with E-state index < -0.39 is 0 Å². The molecule has 112 valence electrons. The fourth-order valence-electron chi connectivity index (χ4n) is 2.68. The highest BCUT2D eigenvalue weighted by atomic mass is 16.3. The predicted octanol–water partition coefficient (Wildman–Crippen LogP) is 0.0886. The molecule has 1 unspecified atom stereocenters. The fraction of sp³-hybridized carbons (Fsp3) is 0.538. The minimum Gasteiger partial charge on any atom is -0.393 e. The third-order valence-corrected chi connectivity index (χ3v) is 3.93. The van der Waals surface area contributed by atoms with Gasteiger partial charge < -0.3 is 10.4 Å². The summed E-state index contributed by atoms with van der Waals surface area (Å²) < 4.78 is 1.70. The number of aliphatic hydroxyl groups is 1. The van der Waals surface area contributed by atoms with Crippen LogP contribution in [-0.2, 0) is 7.05 Å². The molecule has 0 aliphatic heterocycles. The predicted molar refractivity (Wildman–Crippen MR) is 73.3 cm³/mol. The van der Waals surface area contributed by atoms with Gasteiger partial charge in [0.1, 0.15) is 0 Å². The molecule has 0 saturated heterocycles. The third-order valence-electron chi connectivity index (χ3n) is 3.93. The molecule has 1 atom stereocenters. The highest BCUT2D eigenvalue weighted by molar-refractivity contribution is 5.93. The minimum absolute atomic E-state index is 0.175. The summed E-state index contributed by atoms with van der Waals surface area (Å²) in [4.78, 5) is 12.3. The number of carbonyl (C=O) groups excluding carboxylic acids is 1. The lowest BCUT2D eigenvalue weighted by atomic mass is 9.75. The van der Waals surface area contributed by atoms with Crippen molar-refractivity contribution >= 4 is 5.91 Å². The molecular formula is C13H18N6O2. The van der Waals surface area contributed by atoms with Gasteiger partial charge in [-0.2, -0.15) is 20.5 Å². The quantitative estimate of drug-likeness (QED) is 0.739. The molecule has 1 fully saturated rings. The Kier molecular flexibility index (Phi) is 3.46. The Morgan fingerprint density at radius 1 is 1.52 bits per heavy atom. The van der Waals surface area contributed by atoms with E-state index in [9.17, 15) is 9.90 Å². The number of nitrogens with zero attached hydrogens (tertiary/aromatic N) is 4. The van der Waals surface area contributed by atoms with Gasteiger partial charge in [-0.3, -0.25) is 9.48 Å². The summed E-state index contributed by atoms with van der Waals surface area (Å²) in [7, 11) is 1.83. The van der Waals surface area contributed by atoms with Crippen molar-refractivity contribution in [2.24, 2.45) is 13.0 Å². The number of H-pyrrole nitrogens is 1. The maximum atomic E-state index is 12.3. The van der Waals surface area contributed by atoms with Gasteiger partial charge in [0, 0.05) is 18.8 Å². The van der Waals surface area contributed by atoms with Crippen LogP contribution in [0.25, 0.3) is 0 Å². The molecule has 8 heteroatoms. The lowest BCUT2D eigenvalue weighted by molar-refractivity contribution is 0.0234. The van der Waals surface area contributed by atoms with Crippen LogP contribution in [0.15, 0.2) is 12.4 Å². The van der Waals surface area contributed by atoms with Crippen molar-refractivity contribution in [3.05, 3.63) is 29.3 Å². The minimum atomic E-state index is -0.278. The second kappa shape index (κ2) is 5.28. The number of aliphatic hydroxyl groups excluding tert-OH is 1. The maximum absolute atomic E-state index is 12.3. The summed E-state index contributed by atoms with van der Waals surface area (Å²) >= 11 is 0. The standard InChI is InChI=1S/C13H18N6O2/c1-7-11(17-18-16-7)13(21)15-12(8-3-10(20)4-8)9-5-14-19(2)6-9/h5-6,8,10,12,20H,3-4H2,1-2H3,(H,15,21)(H,16,17,18). The molecule has 1 aliphatic carbocycles. The number of rotatable bonds is 4. The average molecular weight is 290 g/mol. The van der Waals surface area contributed by atoms with Gasteiger partial charge in [-0.1, -0.05) is 0 Å². The van der Waals surface area contributed by atoms with Gasteiger partial charge >= 0.3 is 0 Å². The first-order valence-corrected chi connectivity index (χ1v) is 6.89. The first-order chi connectivity index (χ1) is 10.0. The van der Waals surface area contributed by atoms with E-state index in [-0.39, 0.29) is 24.0 Å². The first kappa shape index (κ1) is 13.7. The molecule has 21 heavy (non-hydrogen) atoms. The zero-order valence-corrected chi connectivity index (χ0v) is 11.9. The monoisotopic (exact) mass is 290 g/mol.